The average molecular weight is 400 g/mol. The van der Waals surface area contributed by atoms with Crippen LogP contribution in [0.3, 0.4) is 0 Å². The summed E-state index contributed by atoms with van der Waals surface area (Å²) in [6, 6.07) is 6.62. The summed E-state index contributed by atoms with van der Waals surface area (Å²) in [7, 11) is 1.55. The highest BCUT2D eigenvalue weighted by atomic mass is 16.5. The molecule has 0 fully saturated rings. The molecule has 0 spiro atoms. The maximum Gasteiger partial charge on any atom is 0.338 e. The van der Waals surface area contributed by atoms with Gasteiger partial charge < -0.3 is 13.9 Å². The van der Waals surface area contributed by atoms with Crippen LogP contribution in [0.25, 0.3) is 0 Å². The minimum Gasteiger partial charge on any atom is -0.497 e. The summed E-state index contributed by atoms with van der Waals surface area (Å²) >= 11 is 0. The molecule has 0 aliphatic carbocycles. The highest BCUT2D eigenvalue weighted by Gasteiger charge is 2.23. The number of benzene rings is 1. The van der Waals surface area contributed by atoms with E-state index in [0.717, 1.165) is 0 Å². The Morgan fingerprint density at radius 3 is 2.34 bits per heavy atom. The van der Waals surface area contributed by atoms with E-state index in [1.165, 1.54) is 0 Å². The quantitative estimate of drug-likeness (QED) is 0.465. The topological polar surface area (TPSA) is 82.8 Å². The van der Waals surface area contributed by atoms with Gasteiger partial charge in [-0.15, -0.1) is 0 Å². The van der Waals surface area contributed by atoms with Gasteiger partial charge in [-0.1, -0.05) is 6.92 Å². The molecule has 0 saturated carbocycles. The fourth-order valence-corrected chi connectivity index (χ4v) is 3.14. The number of ketones is 1. The van der Waals surface area contributed by atoms with Crippen molar-refractivity contribution < 1.29 is 23.5 Å². The minimum absolute atomic E-state index is 0.0531. The third kappa shape index (κ3) is 5.34. The van der Waals surface area contributed by atoms with Crippen LogP contribution in [0, 0.1) is 13.8 Å². The first-order chi connectivity index (χ1) is 13.8. The van der Waals surface area contributed by atoms with Gasteiger partial charge in [0, 0.05) is 24.0 Å². The Kier molecular flexibility index (Phi) is 7.76. The Hall–Kier alpha value is -2.89. The van der Waals surface area contributed by atoms with Crippen molar-refractivity contribution in [3.8, 4) is 5.75 Å². The first kappa shape index (κ1) is 22.4. The van der Waals surface area contributed by atoms with Crippen LogP contribution in [-0.2, 0) is 16.0 Å². The van der Waals surface area contributed by atoms with Crippen molar-refractivity contribution >= 4 is 11.8 Å². The van der Waals surface area contributed by atoms with Crippen molar-refractivity contribution in [1.29, 1.82) is 0 Å². The van der Waals surface area contributed by atoms with E-state index in [0.29, 0.717) is 46.8 Å². The average Bonchev–Trinajstić information content (AvgIpc) is 2.74. The number of hydrogen-bond acceptors (Lipinski definition) is 6. The van der Waals surface area contributed by atoms with Crippen LogP contribution in [0.5, 0.6) is 5.75 Å². The van der Waals surface area contributed by atoms with E-state index in [1.807, 2.05) is 6.92 Å². The number of hydrogen-bond donors (Lipinski definition) is 0. The lowest BCUT2D eigenvalue weighted by molar-refractivity contribution is -0.120. The predicted octanol–water partition coefficient (Wildman–Crippen LogP) is 4.14. The molecule has 0 N–H and O–H groups in total. The molecule has 1 unspecified atom stereocenters. The molecule has 2 aromatic rings. The predicted molar refractivity (Wildman–Crippen MR) is 110 cm³/mol. The van der Waals surface area contributed by atoms with Crippen LogP contribution < -0.4 is 10.2 Å². The van der Waals surface area contributed by atoms with Gasteiger partial charge in [-0.3, -0.25) is 9.59 Å². The molecule has 2 rings (SSSR count). The van der Waals surface area contributed by atoms with Gasteiger partial charge in [0.15, 0.2) is 5.43 Å². The minimum atomic E-state index is -0.522. The van der Waals surface area contributed by atoms with Crippen molar-refractivity contribution in [1.82, 2.24) is 0 Å². The van der Waals surface area contributed by atoms with Gasteiger partial charge in [-0.25, -0.2) is 4.79 Å². The Morgan fingerprint density at radius 1 is 1.10 bits per heavy atom. The first-order valence-electron chi connectivity index (χ1n) is 9.77. The Bertz CT molecular complexity index is 924. The molecule has 0 radical (unpaired) electrons. The van der Waals surface area contributed by atoms with E-state index in [-0.39, 0.29) is 24.2 Å². The number of carbonyl (C=O) groups excluding carboxylic acids is 2. The highest BCUT2D eigenvalue weighted by molar-refractivity contribution is 5.89. The second kappa shape index (κ2) is 10.0. The van der Waals surface area contributed by atoms with E-state index < -0.39 is 11.9 Å². The first-order valence-corrected chi connectivity index (χ1v) is 9.77. The fraction of sp³-hybridized carbons (Fsp3) is 0.435. The van der Waals surface area contributed by atoms with Crippen LogP contribution in [0.4, 0.5) is 0 Å². The molecule has 0 aliphatic heterocycles. The molecule has 156 valence electrons. The van der Waals surface area contributed by atoms with Gasteiger partial charge in [0.1, 0.15) is 23.1 Å². The third-order valence-corrected chi connectivity index (χ3v) is 5.03. The number of ether oxygens (including phenoxy) is 2. The van der Waals surface area contributed by atoms with Gasteiger partial charge in [0.05, 0.1) is 25.2 Å². The van der Waals surface area contributed by atoms with Crippen molar-refractivity contribution in [2.75, 3.05) is 13.7 Å². The Balaban J connectivity index is 1.91. The molecule has 0 amide bonds. The number of Topliss-reactive ketones (excluding diaryl/α,β-unsaturated/α-hetero) is 1. The van der Waals surface area contributed by atoms with E-state index in [1.54, 1.807) is 52.1 Å². The molecular formula is C23H28O6. The van der Waals surface area contributed by atoms with Crippen molar-refractivity contribution in [2.45, 2.75) is 52.9 Å². The Morgan fingerprint density at radius 2 is 1.76 bits per heavy atom. The normalized spacial score (nSPS) is 11.8. The van der Waals surface area contributed by atoms with Crippen LogP contribution in [-0.4, -0.2) is 25.5 Å². The summed E-state index contributed by atoms with van der Waals surface area (Å²) in [6.45, 7) is 7.22. The lowest BCUT2D eigenvalue weighted by atomic mass is 9.95. The summed E-state index contributed by atoms with van der Waals surface area (Å²) in [5, 5.41) is 0. The summed E-state index contributed by atoms with van der Waals surface area (Å²) in [6.07, 6.45) is 1.23. The van der Waals surface area contributed by atoms with Gasteiger partial charge in [-0.2, -0.15) is 0 Å². The molecular weight excluding hydrogens is 372 g/mol. The molecule has 29 heavy (non-hydrogen) atoms. The molecule has 0 aliphatic rings. The van der Waals surface area contributed by atoms with Crippen LogP contribution in [0.2, 0.25) is 0 Å². The lowest BCUT2D eigenvalue weighted by Crippen LogP contribution is -2.19. The number of methoxy groups -OCH3 is 1. The number of aryl methyl sites for hydroxylation is 1. The molecule has 0 saturated heterocycles. The molecule has 1 heterocycles. The second-order valence-corrected chi connectivity index (χ2v) is 6.98. The van der Waals surface area contributed by atoms with E-state index in [4.69, 9.17) is 13.9 Å². The van der Waals surface area contributed by atoms with Crippen molar-refractivity contribution in [3.63, 3.8) is 0 Å². The molecule has 1 aromatic heterocycles. The molecule has 1 atom stereocenters. The second-order valence-electron chi connectivity index (χ2n) is 6.98. The summed E-state index contributed by atoms with van der Waals surface area (Å²) in [5.74, 6) is 0.682. The van der Waals surface area contributed by atoms with Crippen LogP contribution in [0.15, 0.2) is 33.5 Å². The van der Waals surface area contributed by atoms with Gasteiger partial charge in [0.25, 0.3) is 0 Å². The van der Waals surface area contributed by atoms with Crippen LogP contribution in [0.1, 0.15) is 65.6 Å². The molecule has 6 heteroatoms. The van der Waals surface area contributed by atoms with Gasteiger partial charge in [0.2, 0.25) is 0 Å². The highest BCUT2D eigenvalue weighted by Crippen LogP contribution is 2.23. The smallest absolute Gasteiger partial charge is 0.338 e. The largest absolute Gasteiger partial charge is 0.497 e. The van der Waals surface area contributed by atoms with Crippen molar-refractivity contribution in [2.24, 2.45) is 0 Å². The number of carbonyl (C=O) groups is 2. The lowest BCUT2D eigenvalue weighted by Gasteiger charge is -2.15. The summed E-state index contributed by atoms with van der Waals surface area (Å²) in [4.78, 5) is 37.0. The monoisotopic (exact) mass is 400 g/mol. The maximum atomic E-state index is 12.6. The maximum absolute atomic E-state index is 12.6. The zero-order chi connectivity index (χ0) is 21.6. The van der Waals surface area contributed by atoms with E-state index >= 15 is 0 Å². The van der Waals surface area contributed by atoms with E-state index in [9.17, 15) is 14.4 Å². The fourth-order valence-electron chi connectivity index (χ4n) is 3.14. The van der Waals surface area contributed by atoms with E-state index in [2.05, 4.69) is 0 Å². The number of rotatable bonds is 9. The zero-order valence-electron chi connectivity index (χ0n) is 17.7. The number of esters is 1. The standard InChI is InChI=1S/C23H28O6/c1-6-20-15(3)21(25)16(4)22(29-20)14(2)19(24)8-7-13-28-23(26)17-9-11-18(27-5)12-10-17/h9-12,14H,6-8,13H2,1-5H3. The molecule has 6 nitrogen and oxygen atoms in total. The Labute approximate surface area is 170 Å². The van der Waals surface area contributed by atoms with Crippen molar-refractivity contribution in [3.05, 3.63) is 62.7 Å². The van der Waals surface area contributed by atoms with Gasteiger partial charge in [-0.05, 0) is 51.5 Å². The van der Waals surface area contributed by atoms with Gasteiger partial charge >= 0.3 is 5.97 Å². The third-order valence-electron chi connectivity index (χ3n) is 5.03. The summed E-state index contributed by atoms with van der Waals surface area (Å²) < 4.78 is 16.1. The summed E-state index contributed by atoms with van der Waals surface area (Å²) in [5.41, 5.74) is 1.43. The SMILES string of the molecule is CCc1oc(C(C)C(=O)CCCOC(=O)c2ccc(OC)cc2)c(C)c(=O)c1C. The molecule has 0 bridgehead atoms. The molecule has 1 aromatic carbocycles. The zero-order valence-corrected chi connectivity index (χ0v) is 17.7. The van der Waals surface area contributed by atoms with Crippen LogP contribution >= 0.6 is 0 Å².